The molecule has 36 heavy (non-hydrogen) atoms. The fourth-order valence-electron chi connectivity index (χ4n) is 5.57. The van der Waals surface area contributed by atoms with Crippen LogP contribution in [-0.4, -0.2) is 72.5 Å². The van der Waals surface area contributed by atoms with Gasteiger partial charge in [0.05, 0.1) is 16.5 Å². The van der Waals surface area contributed by atoms with Gasteiger partial charge in [-0.2, -0.15) is 0 Å². The molecule has 5 rings (SSSR count). The molecule has 2 fully saturated rings. The predicted molar refractivity (Wildman–Crippen MR) is 138 cm³/mol. The fraction of sp³-hybridized carbons (Fsp3) is 0.464. The molecule has 1 aliphatic heterocycles. The lowest BCUT2D eigenvalue weighted by Gasteiger charge is -2.38. The van der Waals surface area contributed by atoms with Crippen molar-refractivity contribution in [3.05, 3.63) is 53.9 Å². The molecule has 3 aromatic rings. The number of hydrogen-bond acceptors (Lipinski definition) is 5. The van der Waals surface area contributed by atoms with Gasteiger partial charge in [0.25, 0.3) is 5.91 Å². The monoisotopic (exact) mass is 493 g/mol. The number of carbonyl (C=O) groups is 1. The Bertz CT molecular complexity index is 1250. The SMILES string of the molecule is CN(C)C(=O)c1ccc(-c2ccc(F)c3c(N4CCN(CC5CCCCC5)CC4)ncnc23)cc1F. The van der Waals surface area contributed by atoms with Crippen molar-refractivity contribution in [1.29, 1.82) is 0 Å². The third kappa shape index (κ3) is 4.91. The topological polar surface area (TPSA) is 52.6 Å². The van der Waals surface area contributed by atoms with E-state index in [2.05, 4.69) is 19.8 Å². The minimum absolute atomic E-state index is 0.00317. The number of halogens is 2. The molecule has 1 saturated carbocycles. The first kappa shape index (κ1) is 24.6. The van der Waals surface area contributed by atoms with Crippen LogP contribution in [0.5, 0.6) is 0 Å². The molecule has 190 valence electrons. The van der Waals surface area contributed by atoms with Gasteiger partial charge in [-0.1, -0.05) is 25.3 Å². The Morgan fingerprint density at radius 2 is 1.72 bits per heavy atom. The Morgan fingerprint density at radius 1 is 0.972 bits per heavy atom. The molecule has 2 aromatic carbocycles. The van der Waals surface area contributed by atoms with Crippen molar-refractivity contribution in [3.63, 3.8) is 0 Å². The van der Waals surface area contributed by atoms with Gasteiger partial charge in [-0.15, -0.1) is 0 Å². The van der Waals surface area contributed by atoms with Gasteiger partial charge in [-0.05, 0) is 48.6 Å². The number of benzene rings is 2. The molecule has 0 atom stereocenters. The van der Waals surface area contributed by atoms with Gasteiger partial charge >= 0.3 is 0 Å². The Hall–Kier alpha value is -3.13. The second-order valence-corrected chi connectivity index (χ2v) is 10.2. The average molecular weight is 494 g/mol. The first-order valence-electron chi connectivity index (χ1n) is 12.8. The fourth-order valence-corrected chi connectivity index (χ4v) is 5.57. The second kappa shape index (κ2) is 10.5. The first-order chi connectivity index (χ1) is 17.4. The first-order valence-corrected chi connectivity index (χ1v) is 12.8. The summed E-state index contributed by atoms with van der Waals surface area (Å²) in [7, 11) is 3.16. The lowest BCUT2D eigenvalue weighted by atomic mass is 9.89. The van der Waals surface area contributed by atoms with Gasteiger partial charge in [0.2, 0.25) is 0 Å². The van der Waals surface area contributed by atoms with E-state index in [-0.39, 0.29) is 5.56 Å². The van der Waals surface area contributed by atoms with E-state index in [1.54, 1.807) is 26.2 Å². The summed E-state index contributed by atoms with van der Waals surface area (Å²) in [5.41, 5.74) is 1.58. The largest absolute Gasteiger partial charge is 0.353 e. The molecule has 0 bridgehead atoms. The smallest absolute Gasteiger partial charge is 0.256 e. The minimum atomic E-state index is -0.618. The lowest BCUT2D eigenvalue weighted by molar-refractivity contribution is 0.0823. The number of rotatable bonds is 5. The number of amides is 1. The molecule has 2 aliphatic rings. The zero-order valence-electron chi connectivity index (χ0n) is 21.0. The van der Waals surface area contributed by atoms with Crippen LogP contribution < -0.4 is 4.90 Å². The number of fused-ring (bicyclic) bond motifs is 1. The molecule has 1 saturated heterocycles. The molecule has 1 amide bonds. The van der Waals surface area contributed by atoms with Crippen LogP contribution in [0, 0.1) is 17.6 Å². The van der Waals surface area contributed by atoms with Crippen LogP contribution in [0.15, 0.2) is 36.7 Å². The summed E-state index contributed by atoms with van der Waals surface area (Å²) in [6.45, 7) is 4.55. The average Bonchev–Trinajstić information content (AvgIpc) is 2.89. The molecular weight excluding hydrogens is 460 g/mol. The normalized spacial score (nSPS) is 17.5. The third-order valence-electron chi connectivity index (χ3n) is 7.55. The summed E-state index contributed by atoms with van der Waals surface area (Å²) in [4.78, 5) is 27.1. The number of piperazine rings is 1. The maximum atomic E-state index is 15.2. The summed E-state index contributed by atoms with van der Waals surface area (Å²) in [5, 5.41) is 0.351. The molecule has 6 nitrogen and oxygen atoms in total. The second-order valence-electron chi connectivity index (χ2n) is 10.2. The Balaban J connectivity index is 1.41. The highest BCUT2D eigenvalue weighted by molar-refractivity contribution is 6.00. The van der Waals surface area contributed by atoms with Gasteiger partial charge in [-0.25, -0.2) is 18.7 Å². The Kier molecular flexibility index (Phi) is 7.14. The summed E-state index contributed by atoms with van der Waals surface area (Å²) in [6.07, 6.45) is 8.17. The van der Waals surface area contributed by atoms with E-state index in [1.165, 1.54) is 61.5 Å². The van der Waals surface area contributed by atoms with E-state index in [1.807, 2.05) is 0 Å². The van der Waals surface area contributed by atoms with E-state index < -0.39 is 17.5 Å². The standard InChI is InChI=1S/C28H33F2N5O/c1-33(2)28(36)22-9-8-20(16-24(22)30)21-10-11-23(29)25-26(21)31-18-32-27(25)35-14-12-34(13-15-35)17-19-6-4-3-5-7-19/h8-11,16,18-19H,3-7,12-15,17H2,1-2H3. The molecule has 0 spiro atoms. The zero-order valence-corrected chi connectivity index (χ0v) is 21.0. The van der Waals surface area contributed by atoms with Crippen LogP contribution in [0.25, 0.3) is 22.0 Å². The van der Waals surface area contributed by atoms with Crippen LogP contribution in [0.3, 0.4) is 0 Å². The Morgan fingerprint density at radius 3 is 2.42 bits per heavy atom. The van der Waals surface area contributed by atoms with Crippen molar-refractivity contribution in [2.75, 3.05) is 51.7 Å². The Labute approximate surface area is 210 Å². The maximum Gasteiger partial charge on any atom is 0.256 e. The van der Waals surface area contributed by atoms with Crippen molar-refractivity contribution in [2.45, 2.75) is 32.1 Å². The molecule has 0 N–H and O–H groups in total. The van der Waals surface area contributed by atoms with E-state index in [0.717, 1.165) is 38.6 Å². The van der Waals surface area contributed by atoms with Gasteiger partial charge in [0.15, 0.2) is 0 Å². The van der Waals surface area contributed by atoms with Crippen molar-refractivity contribution in [1.82, 2.24) is 19.8 Å². The number of anilines is 1. The molecule has 1 aliphatic carbocycles. The van der Waals surface area contributed by atoms with Crippen LogP contribution in [0.4, 0.5) is 14.6 Å². The van der Waals surface area contributed by atoms with E-state index in [0.29, 0.717) is 27.8 Å². The summed E-state index contributed by atoms with van der Waals surface area (Å²) < 4.78 is 30.0. The summed E-state index contributed by atoms with van der Waals surface area (Å²) in [6, 6.07) is 7.46. The van der Waals surface area contributed by atoms with Gasteiger partial charge in [0, 0.05) is 52.4 Å². The number of hydrogen-bond donors (Lipinski definition) is 0. The van der Waals surface area contributed by atoms with Crippen molar-refractivity contribution >= 4 is 22.6 Å². The van der Waals surface area contributed by atoms with E-state index >= 15 is 4.39 Å². The molecule has 0 unspecified atom stereocenters. The highest BCUT2D eigenvalue weighted by Crippen LogP contribution is 2.34. The minimum Gasteiger partial charge on any atom is -0.353 e. The van der Waals surface area contributed by atoms with Gasteiger partial charge in [0.1, 0.15) is 23.8 Å². The van der Waals surface area contributed by atoms with Crippen LogP contribution in [-0.2, 0) is 0 Å². The molecular formula is C28H33F2N5O. The zero-order chi connectivity index (χ0) is 25.2. The predicted octanol–water partition coefficient (Wildman–Crippen LogP) is 4.98. The molecule has 0 radical (unpaired) electrons. The number of nitrogens with zero attached hydrogens (tertiary/aromatic N) is 5. The van der Waals surface area contributed by atoms with Crippen LogP contribution in [0.1, 0.15) is 42.5 Å². The van der Waals surface area contributed by atoms with Gasteiger partial charge < -0.3 is 9.80 Å². The van der Waals surface area contributed by atoms with Crippen LogP contribution in [0.2, 0.25) is 0 Å². The highest BCUT2D eigenvalue weighted by atomic mass is 19.1. The number of aromatic nitrogens is 2. The lowest BCUT2D eigenvalue weighted by Crippen LogP contribution is -2.48. The van der Waals surface area contributed by atoms with Crippen LogP contribution >= 0.6 is 0 Å². The highest BCUT2D eigenvalue weighted by Gasteiger charge is 2.25. The van der Waals surface area contributed by atoms with Crippen molar-refractivity contribution in [2.24, 2.45) is 5.92 Å². The van der Waals surface area contributed by atoms with E-state index in [9.17, 15) is 9.18 Å². The number of carbonyl (C=O) groups excluding carboxylic acids is 1. The van der Waals surface area contributed by atoms with Crippen molar-refractivity contribution < 1.29 is 13.6 Å². The van der Waals surface area contributed by atoms with Crippen molar-refractivity contribution in [3.8, 4) is 11.1 Å². The van der Waals surface area contributed by atoms with Gasteiger partial charge in [-0.3, -0.25) is 9.69 Å². The summed E-state index contributed by atoms with van der Waals surface area (Å²) in [5.74, 6) is -0.0438. The molecule has 1 aromatic heterocycles. The third-order valence-corrected chi connectivity index (χ3v) is 7.55. The summed E-state index contributed by atoms with van der Waals surface area (Å²) >= 11 is 0. The quantitative estimate of drug-likeness (QED) is 0.502. The maximum absolute atomic E-state index is 15.2. The van der Waals surface area contributed by atoms with E-state index in [4.69, 9.17) is 0 Å². The molecule has 8 heteroatoms. The molecule has 2 heterocycles.